The number of fused-ring (bicyclic) bond motifs is 2. The lowest BCUT2D eigenvalue weighted by Crippen LogP contribution is -2.56. The maximum absolute atomic E-state index is 13.9. The van der Waals surface area contributed by atoms with Crippen LogP contribution >= 0.6 is 0 Å². The van der Waals surface area contributed by atoms with E-state index >= 15 is 0 Å². The molecule has 0 radical (unpaired) electrons. The van der Waals surface area contributed by atoms with Gasteiger partial charge in [0.05, 0.1) is 30.5 Å². The SMILES string of the molecule is COC(=O)C1=C(C(=O)Nc2ccc(OCCN3CCN(C)CC3)cc2)C2CC(O)C1(C(Cc1ccccc1)Oc1ccccc1)O2. The van der Waals surface area contributed by atoms with Gasteiger partial charge < -0.3 is 34.3 Å². The average molecular weight is 628 g/mol. The van der Waals surface area contributed by atoms with E-state index in [0.29, 0.717) is 30.2 Å². The molecule has 46 heavy (non-hydrogen) atoms. The van der Waals surface area contributed by atoms with Crippen molar-refractivity contribution in [3.8, 4) is 11.5 Å². The van der Waals surface area contributed by atoms with Crippen molar-refractivity contribution < 1.29 is 33.6 Å². The monoisotopic (exact) mass is 627 g/mol. The number of amides is 1. The smallest absolute Gasteiger partial charge is 0.337 e. The van der Waals surface area contributed by atoms with Crippen molar-refractivity contribution in [2.24, 2.45) is 0 Å². The Bertz CT molecular complexity index is 1480. The maximum Gasteiger partial charge on any atom is 0.337 e. The number of para-hydroxylation sites is 1. The number of hydrogen-bond donors (Lipinski definition) is 2. The van der Waals surface area contributed by atoms with E-state index in [-0.39, 0.29) is 17.6 Å². The molecule has 1 amide bonds. The number of ether oxygens (including phenoxy) is 4. The van der Waals surface area contributed by atoms with Crippen molar-refractivity contribution in [2.45, 2.75) is 36.8 Å². The number of carbonyl (C=O) groups is 2. The lowest BCUT2D eigenvalue weighted by Gasteiger charge is -2.38. The van der Waals surface area contributed by atoms with Crippen molar-refractivity contribution in [1.82, 2.24) is 9.80 Å². The number of piperazine rings is 1. The molecule has 3 aromatic rings. The minimum Gasteiger partial charge on any atom is -0.492 e. The Morgan fingerprint density at radius 1 is 0.957 bits per heavy atom. The summed E-state index contributed by atoms with van der Waals surface area (Å²) in [6.07, 6.45) is -2.33. The normalized spacial score (nSPS) is 23.6. The number of nitrogens with zero attached hydrogens (tertiary/aromatic N) is 2. The van der Waals surface area contributed by atoms with E-state index in [0.717, 1.165) is 38.3 Å². The van der Waals surface area contributed by atoms with Crippen LogP contribution in [0.25, 0.3) is 0 Å². The maximum atomic E-state index is 13.9. The number of aliphatic hydroxyl groups is 1. The van der Waals surface area contributed by atoms with E-state index in [2.05, 4.69) is 22.2 Å². The Morgan fingerprint density at radius 3 is 2.30 bits per heavy atom. The zero-order valence-corrected chi connectivity index (χ0v) is 26.3. The fraction of sp³-hybridized carbons (Fsp3) is 0.389. The first-order valence-corrected chi connectivity index (χ1v) is 15.8. The first-order valence-electron chi connectivity index (χ1n) is 15.8. The van der Waals surface area contributed by atoms with E-state index in [4.69, 9.17) is 18.9 Å². The Labute approximate surface area is 269 Å². The molecular weight excluding hydrogens is 586 g/mol. The first kappa shape index (κ1) is 31.7. The van der Waals surface area contributed by atoms with Gasteiger partial charge in [-0.3, -0.25) is 9.69 Å². The van der Waals surface area contributed by atoms with Crippen molar-refractivity contribution in [3.05, 3.63) is 102 Å². The third kappa shape index (κ3) is 6.66. The van der Waals surface area contributed by atoms with Gasteiger partial charge in [-0.25, -0.2) is 4.79 Å². The quantitative estimate of drug-likeness (QED) is 0.293. The topological polar surface area (TPSA) is 110 Å². The molecule has 2 fully saturated rings. The van der Waals surface area contributed by atoms with E-state index in [1.54, 1.807) is 36.4 Å². The number of anilines is 1. The predicted octanol–water partition coefficient (Wildman–Crippen LogP) is 3.31. The molecule has 6 rings (SSSR count). The lowest BCUT2D eigenvalue weighted by atomic mass is 9.74. The Hall–Kier alpha value is -4.22. The van der Waals surface area contributed by atoms with Crippen LogP contribution in [0, 0.1) is 0 Å². The first-order chi connectivity index (χ1) is 22.4. The van der Waals surface area contributed by atoms with Gasteiger partial charge in [0.2, 0.25) is 0 Å². The van der Waals surface area contributed by atoms with Crippen molar-refractivity contribution in [1.29, 1.82) is 0 Å². The predicted molar refractivity (Wildman–Crippen MR) is 173 cm³/mol. The van der Waals surface area contributed by atoms with Crippen LogP contribution in [-0.2, 0) is 25.5 Å². The number of aliphatic hydroxyl groups excluding tert-OH is 1. The van der Waals surface area contributed by atoms with Crippen LogP contribution < -0.4 is 14.8 Å². The molecule has 3 heterocycles. The molecule has 2 N–H and O–H groups in total. The highest BCUT2D eigenvalue weighted by molar-refractivity contribution is 6.11. The third-order valence-electron chi connectivity index (χ3n) is 9.03. The van der Waals surface area contributed by atoms with Gasteiger partial charge in [-0.2, -0.15) is 0 Å². The highest BCUT2D eigenvalue weighted by Gasteiger charge is 2.66. The minimum absolute atomic E-state index is 0.0167. The van der Waals surface area contributed by atoms with E-state index in [1.807, 2.05) is 48.5 Å². The Morgan fingerprint density at radius 2 is 1.63 bits per heavy atom. The summed E-state index contributed by atoms with van der Waals surface area (Å²) >= 11 is 0. The van der Waals surface area contributed by atoms with Gasteiger partial charge in [0.15, 0.2) is 5.60 Å². The van der Waals surface area contributed by atoms with Crippen LogP contribution in [0.2, 0.25) is 0 Å². The minimum atomic E-state index is -1.63. The number of carbonyl (C=O) groups excluding carboxylic acids is 2. The molecule has 10 nitrogen and oxygen atoms in total. The molecular formula is C36H41N3O7. The molecule has 3 aromatic carbocycles. The standard InChI is InChI=1S/C36H41N3O7/c1-38-17-19-39(20-18-38)21-22-44-27-15-13-26(14-16-27)37-34(41)32-29-24-30(40)36(46-29,33(32)35(42)43-2)31(23-25-9-5-3-6-10-25)45-28-11-7-4-8-12-28/h3-16,29-31,40H,17-24H2,1-2H3,(H,37,41). The van der Waals surface area contributed by atoms with Crippen molar-refractivity contribution >= 4 is 17.6 Å². The Kier molecular flexibility index (Phi) is 9.70. The summed E-state index contributed by atoms with van der Waals surface area (Å²) in [5, 5.41) is 14.4. The summed E-state index contributed by atoms with van der Waals surface area (Å²) in [6, 6.07) is 25.9. The number of benzene rings is 3. The molecule has 0 aromatic heterocycles. The van der Waals surface area contributed by atoms with Crippen LogP contribution in [-0.4, -0.2) is 104 Å². The highest BCUT2D eigenvalue weighted by atomic mass is 16.6. The van der Waals surface area contributed by atoms with Crippen LogP contribution in [0.1, 0.15) is 12.0 Å². The van der Waals surface area contributed by atoms with Gasteiger partial charge in [0.25, 0.3) is 5.91 Å². The van der Waals surface area contributed by atoms with Crippen molar-refractivity contribution in [2.75, 3.05) is 58.8 Å². The summed E-state index contributed by atoms with van der Waals surface area (Å²) in [5.74, 6) is 0.00468. The van der Waals surface area contributed by atoms with E-state index in [9.17, 15) is 14.7 Å². The third-order valence-corrected chi connectivity index (χ3v) is 9.03. The lowest BCUT2D eigenvalue weighted by molar-refractivity contribution is -0.145. The molecule has 0 aliphatic carbocycles. The molecule has 10 heteroatoms. The zero-order valence-electron chi connectivity index (χ0n) is 26.3. The fourth-order valence-corrected chi connectivity index (χ4v) is 6.57. The fourth-order valence-electron chi connectivity index (χ4n) is 6.57. The van der Waals surface area contributed by atoms with Gasteiger partial charge in [0, 0.05) is 51.3 Å². The number of nitrogens with one attached hydrogen (secondary N) is 1. The van der Waals surface area contributed by atoms with Gasteiger partial charge in [0.1, 0.15) is 24.2 Å². The van der Waals surface area contributed by atoms with Crippen LogP contribution in [0.15, 0.2) is 96.1 Å². The number of rotatable bonds is 12. The number of hydrogen-bond acceptors (Lipinski definition) is 9. The number of methoxy groups -OCH3 is 1. The summed E-state index contributed by atoms with van der Waals surface area (Å²) in [5.41, 5.74) is -0.0503. The summed E-state index contributed by atoms with van der Waals surface area (Å²) in [6.45, 7) is 5.60. The van der Waals surface area contributed by atoms with Crippen LogP contribution in [0.3, 0.4) is 0 Å². The van der Waals surface area contributed by atoms with Gasteiger partial charge in [-0.05, 0) is 49.0 Å². The molecule has 4 unspecified atom stereocenters. The Balaban J connectivity index is 1.22. The number of esters is 1. The van der Waals surface area contributed by atoms with Crippen LogP contribution in [0.5, 0.6) is 11.5 Å². The van der Waals surface area contributed by atoms with Gasteiger partial charge in [-0.15, -0.1) is 0 Å². The summed E-state index contributed by atoms with van der Waals surface area (Å²) < 4.78 is 24.1. The largest absolute Gasteiger partial charge is 0.492 e. The second-order valence-electron chi connectivity index (χ2n) is 12.0. The number of likely N-dealkylation sites (N-methyl/N-ethyl adjacent to an activating group) is 1. The molecule has 4 atom stereocenters. The van der Waals surface area contributed by atoms with Crippen molar-refractivity contribution in [3.63, 3.8) is 0 Å². The molecule has 0 saturated carbocycles. The van der Waals surface area contributed by atoms with Crippen LogP contribution in [0.4, 0.5) is 5.69 Å². The molecule has 2 bridgehead atoms. The summed E-state index contributed by atoms with van der Waals surface area (Å²) in [4.78, 5) is 32.0. The molecule has 0 spiro atoms. The highest BCUT2D eigenvalue weighted by Crippen LogP contribution is 2.52. The zero-order chi connectivity index (χ0) is 32.1. The van der Waals surface area contributed by atoms with Gasteiger partial charge >= 0.3 is 5.97 Å². The van der Waals surface area contributed by atoms with E-state index in [1.165, 1.54) is 7.11 Å². The second kappa shape index (κ2) is 14.0. The summed E-state index contributed by atoms with van der Waals surface area (Å²) in [7, 11) is 3.39. The van der Waals surface area contributed by atoms with E-state index < -0.39 is 35.8 Å². The average Bonchev–Trinajstić information content (AvgIpc) is 3.60. The van der Waals surface area contributed by atoms with Gasteiger partial charge in [-0.1, -0.05) is 48.5 Å². The molecule has 3 aliphatic rings. The molecule has 2 saturated heterocycles. The molecule has 242 valence electrons. The molecule has 3 aliphatic heterocycles. The second-order valence-corrected chi connectivity index (χ2v) is 12.0.